The van der Waals surface area contributed by atoms with E-state index >= 15 is 0 Å². The molecule has 1 amide bonds. The number of hydrogen-bond donors (Lipinski definition) is 1. The molecule has 4 nitrogen and oxygen atoms in total. The molecule has 0 radical (unpaired) electrons. The number of rotatable bonds is 7. The molecule has 1 aliphatic rings. The number of amides is 1. The molecule has 2 aromatic rings. The van der Waals surface area contributed by atoms with Crippen molar-refractivity contribution in [2.24, 2.45) is 0 Å². The molecule has 1 aromatic carbocycles. The Balaban J connectivity index is 1.79. The Morgan fingerprint density at radius 3 is 2.73 bits per heavy atom. The normalized spacial score (nSPS) is 15.3. The standard InChI is InChI=1S/C22H29NO3/c1-2-3-4-6-10-16-11-9-12-17-15-19(22(25)26-20(16)17)21(24)23-18-13-7-5-8-14-18/h9,11-12,15,18H,2-8,10,13-14H2,1H3,(H,23,24). The van der Waals surface area contributed by atoms with E-state index in [1.807, 2.05) is 18.2 Å². The summed E-state index contributed by atoms with van der Waals surface area (Å²) in [6.07, 6.45) is 11.1. The summed E-state index contributed by atoms with van der Waals surface area (Å²) in [7, 11) is 0. The van der Waals surface area contributed by atoms with Crippen LogP contribution >= 0.6 is 0 Å². The fourth-order valence-electron chi connectivity index (χ4n) is 3.81. The largest absolute Gasteiger partial charge is 0.422 e. The zero-order valence-corrected chi connectivity index (χ0v) is 15.7. The molecule has 0 saturated heterocycles. The molecule has 3 rings (SSSR count). The zero-order valence-electron chi connectivity index (χ0n) is 15.7. The van der Waals surface area contributed by atoms with E-state index in [1.54, 1.807) is 6.07 Å². The lowest BCUT2D eigenvalue weighted by molar-refractivity contribution is 0.0924. The van der Waals surface area contributed by atoms with Crippen LogP contribution < -0.4 is 10.9 Å². The summed E-state index contributed by atoms with van der Waals surface area (Å²) in [4.78, 5) is 25.0. The Bertz CT molecular complexity index is 803. The highest BCUT2D eigenvalue weighted by atomic mass is 16.4. The molecule has 0 atom stereocenters. The molecule has 0 spiro atoms. The van der Waals surface area contributed by atoms with Crippen molar-refractivity contribution >= 4 is 16.9 Å². The number of unbranched alkanes of at least 4 members (excludes halogenated alkanes) is 3. The number of para-hydroxylation sites is 1. The highest BCUT2D eigenvalue weighted by Gasteiger charge is 2.20. The van der Waals surface area contributed by atoms with Gasteiger partial charge in [-0.2, -0.15) is 0 Å². The molecule has 1 heterocycles. The average molecular weight is 355 g/mol. The second kappa shape index (κ2) is 9.02. The van der Waals surface area contributed by atoms with Gasteiger partial charge in [-0.05, 0) is 37.3 Å². The third kappa shape index (κ3) is 4.54. The van der Waals surface area contributed by atoms with Gasteiger partial charge in [0, 0.05) is 11.4 Å². The van der Waals surface area contributed by atoms with Gasteiger partial charge in [-0.3, -0.25) is 4.79 Å². The van der Waals surface area contributed by atoms with Gasteiger partial charge in [0.1, 0.15) is 11.1 Å². The number of aryl methyl sites for hydroxylation is 1. The predicted octanol–water partition coefficient (Wildman–Crippen LogP) is 4.98. The zero-order chi connectivity index (χ0) is 18.4. The number of carbonyl (C=O) groups excluding carboxylic acids is 1. The molecule has 0 unspecified atom stereocenters. The number of nitrogens with one attached hydrogen (secondary N) is 1. The van der Waals surface area contributed by atoms with E-state index in [4.69, 9.17) is 4.42 Å². The van der Waals surface area contributed by atoms with Crippen molar-refractivity contribution in [1.29, 1.82) is 0 Å². The number of benzene rings is 1. The molecule has 1 saturated carbocycles. The topological polar surface area (TPSA) is 59.3 Å². The molecule has 1 aromatic heterocycles. The van der Waals surface area contributed by atoms with Crippen molar-refractivity contribution in [2.75, 3.05) is 0 Å². The van der Waals surface area contributed by atoms with Gasteiger partial charge >= 0.3 is 5.63 Å². The van der Waals surface area contributed by atoms with Crippen LogP contribution in [0.25, 0.3) is 11.0 Å². The smallest absolute Gasteiger partial charge is 0.349 e. The van der Waals surface area contributed by atoms with Gasteiger partial charge in [-0.25, -0.2) is 4.79 Å². The first-order valence-electron chi connectivity index (χ1n) is 10.1. The Kier molecular flexibility index (Phi) is 6.48. The molecule has 0 aliphatic heterocycles. The van der Waals surface area contributed by atoms with Gasteiger partial charge in [0.2, 0.25) is 0 Å². The van der Waals surface area contributed by atoms with Crippen LogP contribution in [0.15, 0.2) is 33.5 Å². The third-order valence-electron chi connectivity index (χ3n) is 5.33. The van der Waals surface area contributed by atoms with Gasteiger partial charge in [0.25, 0.3) is 5.91 Å². The minimum absolute atomic E-state index is 0.117. The lowest BCUT2D eigenvalue weighted by Gasteiger charge is -2.22. The molecular weight excluding hydrogens is 326 g/mol. The molecule has 1 fully saturated rings. The van der Waals surface area contributed by atoms with E-state index in [2.05, 4.69) is 12.2 Å². The predicted molar refractivity (Wildman–Crippen MR) is 105 cm³/mol. The maximum Gasteiger partial charge on any atom is 0.349 e. The Hall–Kier alpha value is -2.10. The molecule has 26 heavy (non-hydrogen) atoms. The molecule has 4 heteroatoms. The van der Waals surface area contributed by atoms with Crippen LogP contribution in [-0.4, -0.2) is 11.9 Å². The number of hydrogen-bond acceptors (Lipinski definition) is 3. The monoisotopic (exact) mass is 355 g/mol. The number of carbonyl (C=O) groups is 1. The Morgan fingerprint density at radius 2 is 1.96 bits per heavy atom. The summed E-state index contributed by atoms with van der Waals surface area (Å²) in [6, 6.07) is 7.76. The van der Waals surface area contributed by atoms with Crippen molar-refractivity contribution < 1.29 is 9.21 Å². The molecule has 1 N–H and O–H groups in total. The second-order valence-electron chi connectivity index (χ2n) is 7.40. The molecule has 1 aliphatic carbocycles. The quantitative estimate of drug-likeness (QED) is 0.563. The summed E-state index contributed by atoms with van der Waals surface area (Å²) in [5.74, 6) is -0.305. The van der Waals surface area contributed by atoms with Crippen molar-refractivity contribution in [3.05, 3.63) is 45.8 Å². The van der Waals surface area contributed by atoms with Crippen LogP contribution in [0.2, 0.25) is 0 Å². The first kappa shape index (κ1) is 18.7. The first-order valence-corrected chi connectivity index (χ1v) is 10.1. The van der Waals surface area contributed by atoms with Gasteiger partial charge < -0.3 is 9.73 Å². The van der Waals surface area contributed by atoms with Crippen molar-refractivity contribution in [1.82, 2.24) is 5.32 Å². The summed E-state index contributed by atoms with van der Waals surface area (Å²) in [5.41, 5.74) is 1.26. The van der Waals surface area contributed by atoms with Crippen LogP contribution in [0.5, 0.6) is 0 Å². The highest BCUT2D eigenvalue weighted by Crippen LogP contribution is 2.21. The Labute approximate surface area is 155 Å². The summed E-state index contributed by atoms with van der Waals surface area (Å²) >= 11 is 0. The maximum atomic E-state index is 12.5. The van der Waals surface area contributed by atoms with E-state index in [1.165, 1.54) is 25.7 Å². The number of fused-ring (bicyclic) bond motifs is 1. The van der Waals surface area contributed by atoms with Crippen LogP contribution in [0.1, 0.15) is 80.6 Å². The molecular formula is C22H29NO3. The second-order valence-corrected chi connectivity index (χ2v) is 7.40. The molecule has 0 bridgehead atoms. The van der Waals surface area contributed by atoms with Gasteiger partial charge in [0.15, 0.2) is 0 Å². The van der Waals surface area contributed by atoms with E-state index in [0.29, 0.717) is 5.58 Å². The molecule has 140 valence electrons. The lowest BCUT2D eigenvalue weighted by atomic mass is 9.95. The van der Waals surface area contributed by atoms with Crippen molar-refractivity contribution in [3.63, 3.8) is 0 Å². The van der Waals surface area contributed by atoms with Crippen molar-refractivity contribution in [3.8, 4) is 0 Å². The minimum atomic E-state index is -0.535. The van der Waals surface area contributed by atoms with Gasteiger partial charge in [0.05, 0.1) is 0 Å². The van der Waals surface area contributed by atoms with E-state index in [9.17, 15) is 9.59 Å². The van der Waals surface area contributed by atoms with Crippen molar-refractivity contribution in [2.45, 2.75) is 77.2 Å². The summed E-state index contributed by atoms with van der Waals surface area (Å²) in [5, 5.41) is 3.83. The van der Waals surface area contributed by atoms with Gasteiger partial charge in [-0.1, -0.05) is 63.6 Å². The SMILES string of the molecule is CCCCCCc1cccc2cc(C(=O)NC3CCCCC3)c(=O)oc12. The van der Waals surface area contributed by atoms with Crippen LogP contribution in [0.4, 0.5) is 0 Å². The van der Waals surface area contributed by atoms with Gasteiger partial charge in [-0.15, -0.1) is 0 Å². The fraction of sp³-hybridized carbons (Fsp3) is 0.545. The lowest BCUT2D eigenvalue weighted by Crippen LogP contribution is -2.38. The van der Waals surface area contributed by atoms with E-state index in [0.717, 1.165) is 49.5 Å². The van der Waals surface area contributed by atoms with Crippen LogP contribution in [0, 0.1) is 0 Å². The van der Waals surface area contributed by atoms with E-state index < -0.39 is 5.63 Å². The first-order chi connectivity index (χ1) is 12.7. The van der Waals surface area contributed by atoms with E-state index in [-0.39, 0.29) is 17.5 Å². The summed E-state index contributed by atoms with van der Waals surface area (Å²) < 4.78 is 5.57. The maximum absolute atomic E-state index is 12.5. The van der Waals surface area contributed by atoms with Crippen LogP contribution in [0.3, 0.4) is 0 Å². The highest BCUT2D eigenvalue weighted by molar-refractivity contribution is 5.97. The minimum Gasteiger partial charge on any atom is -0.422 e. The van der Waals surface area contributed by atoms with Crippen LogP contribution in [-0.2, 0) is 6.42 Å². The average Bonchev–Trinajstić information content (AvgIpc) is 2.65. The third-order valence-corrected chi connectivity index (χ3v) is 5.33. The Morgan fingerprint density at radius 1 is 1.15 bits per heavy atom. The fourth-order valence-corrected chi connectivity index (χ4v) is 3.81. The summed E-state index contributed by atoms with van der Waals surface area (Å²) in [6.45, 7) is 2.19.